The van der Waals surface area contributed by atoms with Crippen LogP contribution in [-0.4, -0.2) is 52.9 Å². The first kappa shape index (κ1) is 18.8. The Balaban J connectivity index is 1.41. The third kappa shape index (κ3) is 4.59. The summed E-state index contributed by atoms with van der Waals surface area (Å²) in [6.45, 7) is 9.11. The minimum atomic E-state index is 0.206. The number of carbonyl (C=O) groups excluding carboxylic acids is 1. The van der Waals surface area contributed by atoms with Crippen molar-refractivity contribution < 1.29 is 9.32 Å². The van der Waals surface area contributed by atoms with Crippen LogP contribution in [-0.2, 0) is 10.5 Å². The summed E-state index contributed by atoms with van der Waals surface area (Å²) in [6.07, 6.45) is 0. The highest BCUT2D eigenvalue weighted by Crippen LogP contribution is 2.20. The molecule has 2 aromatic rings. The summed E-state index contributed by atoms with van der Waals surface area (Å²) in [5.74, 6) is 2.31. The highest BCUT2D eigenvalue weighted by atomic mass is 32.2. The fourth-order valence-electron chi connectivity index (χ4n) is 2.98. The molecular formula is C19H26N4O2S. The molecule has 0 unspecified atom stereocenters. The summed E-state index contributed by atoms with van der Waals surface area (Å²) in [5, 5.41) is 6.14. The number of para-hydroxylation sites is 1. The molecule has 1 N–H and O–H groups in total. The zero-order chi connectivity index (χ0) is 18.5. The summed E-state index contributed by atoms with van der Waals surface area (Å²) >= 11 is 1.63. The van der Waals surface area contributed by atoms with Gasteiger partial charge < -0.3 is 14.8 Å². The zero-order valence-corrected chi connectivity index (χ0v) is 16.4. The van der Waals surface area contributed by atoms with Gasteiger partial charge in [0.05, 0.1) is 17.1 Å². The molecule has 1 aromatic heterocycles. The van der Waals surface area contributed by atoms with Gasteiger partial charge >= 0.3 is 0 Å². The minimum Gasteiger partial charge on any atom is -0.361 e. The number of carbonyl (C=O) groups is 1. The third-order valence-corrected chi connectivity index (χ3v) is 5.65. The molecule has 1 aliphatic heterocycles. The topological polar surface area (TPSA) is 61.6 Å². The maximum atomic E-state index is 12.4. The van der Waals surface area contributed by atoms with E-state index in [1.54, 1.807) is 11.8 Å². The number of anilines is 1. The summed E-state index contributed by atoms with van der Waals surface area (Å²) in [5.41, 5.74) is 7.83. The number of benzene rings is 1. The zero-order valence-electron chi connectivity index (χ0n) is 15.6. The van der Waals surface area contributed by atoms with Crippen LogP contribution in [0.2, 0.25) is 0 Å². The number of amides is 1. The maximum absolute atomic E-state index is 12.4. The van der Waals surface area contributed by atoms with Gasteiger partial charge in [-0.15, -0.1) is 11.8 Å². The van der Waals surface area contributed by atoms with E-state index in [1.165, 1.54) is 5.56 Å². The molecule has 0 aliphatic carbocycles. The van der Waals surface area contributed by atoms with Crippen LogP contribution >= 0.6 is 11.8 Å². The molecule has 0 spiro atoms. The van der Waals surface area contributed by atoms with Crippen molar-refractivity contribution in [1.82, 2.24) is 15.1 Å². The Labute approximate surface area is 158 Å². The maximum Gasteiger partial charge on any atom is 0.232 e. The molecule has 6 nitrogen and oxygen atoms in total. The molecule has 1 fully saturated rings. The molecule has 1 aliphatic rings. The Morgan fingerprint density at radius 2 is 1.92 bits per heavy atom. The van der Waals surface area contributed by atoms with Gasteiger partial charge in [-0.3, -0.25) is 4.79 Å². The normalized spacial score (nSPS) is 15.3. The van der Waals surface area contributed by atoms with Crippen LogP contribution in [0.15, 0.2) is 28.8 Å². The second kappa shape index (κ2) is 8.60. The molecular weight excluding hydrogens is 348 g/mol. The number of hydrazine groups is 1. The average Bonchev–Trinajstić information content (AvgIpc) is 2.96. The molecule has 0 bridgehead atoms. The van der Waals surface area contributed by atoms with Crippen molar-refractivity contribution >= 4 is 23.4 Å². The second-order valence-electron chi connectivity index (χ2n) is 6.59. The van der Waals surface area contributed by atoms with E-state index in [2.05, 4.69) is 34.6 Å². The highest BCUT2D eigenvalue weighted by molar-refractivity contribution is 7.99. The van der Waals surface area contributed by atoms with Crippen molar-refractivity contribution in [3.8, 4) is 0 Å². The number of rotatable bonds is 6. The summed E-state index contributed by atoms with van der Waals surface area (Å²) < 4.78 is 5.17. The Hall–Kier alpha value is -1.99. The first-order chi connectivity index (χ1) is 12.5. The van der Waals surface area contributed by atoms with Gasteiger partial charge in [0.15, 0.2) is 0 Å². The Morgan fingerprint density at radius 3 is 2.58 bits per heavy atom. The Morgan fingerprint density at radius 1 is 1.19 bits per heavy atom. The van der Waals surface area contributed by atoms with Crippen LogP contribution < -0.4 is 5.43 Å². The molecule has 0 atom stereocenters. The summed E-state index contributed by atoms with van der Waals surface area (Å²) in [4.78, 5) is 14.4. The van der Waals surface area contributed by atoms with E-state index in [0.29, 0.717) is 5.75 Å². The Kier molecular flexibility index (Phi) is 6.21. The number of hydrogen-bond donors (Lipinski definition) is 1. The molecule has 1 saturated heterocycles. The molecule has 140 valence electrons. The van der Waals surface area contributed by atoms with Crippen LogP contribution in [0.5, 0.6) is 0 Å². The van der Waals surface area contributed by atoms with Crippen LogP contribution in [0.3, 0.4) is 0 Å². The lowest BCUT2D eigenvalue weighted by atomic mass is 10.2. The third-order valence-electron chi connectivity index (χ3n) is 4.71. The van der Waals surface area contributed by atoms with Crippen LogP contribution in [0.4, 0.5) is 5.69 Å². The first-order valence-corrected chi connectivity index (χ1v) is 10.0. The van der Waals surface area contributed by atoms with Gasteiger partial charge in [-0.1, -0.05) is 23.4 Å². The lowest BCUT2D eigenvalue weighted by molar-refractivity contribution is -0.129. The molecule has 1 aromatic carbocycles. The quantitative estimate of drug-likeness (QED) is 0.839. The van der Waals surface area contributed by atoms with E-state index in [1.807, 2.05) is 30.9 Å². The number of hydrogen-bond acceptors (Lipinski definition) is 6. The highest BCUT2D eigenvalue weighted by Gasteiger charge is 2.21. The first-order valence-electron chi connectivity index (χ1n) is 8.89. The van der Waals surface area contributed by atoms with Gasteiger partial charge in [-0.05, 0) is 32.4 Å². The number of nitrogens with zero attached hydrogens (tertiary/aromatic N) is 3. The van der Waals surface area contributed by atoms with Gasteiger partial charge in [0.2, 0.25) is 5.91 Å². The summed E-state index contributed by atoms with van der Waals surface area (Å²) in [7, 11) is 0. The van der Waals surface area contributed by atoms with Crippen molar-refractivity contribution in [1.29, 1.82) is 0 Å². The second-order valence-corrected chi connectivity index (χ2v) is 7.58. The molecule has 7 heteroatoms. The minimum absolute atomic E-state index is 0.206. The number of thioether (sulfide) groups is 1. The average molecular weight is 375 g/mol. The lowest BCUT2D eigenvalue weighted by Gasteiger charge is -2.35. The van der Waals surface area contributed by atoms with E-state index in [-0.39, 0.29) is 5.91 Å². The smallest absolute Gasteiger partial charge is 0.232 e. The van der Waals surface area contributed by atoms with Crippen molar-refractivity contribution in [2.45, 2.75) is 26.5 Å². The molecule has 26 heavy (non-hydrogen) atoms. The van der Waals surface area contributed by atoms with Gasteiger partial charge in [0.1, 0.15) is 5.76 Å². The fraction of sp³-hybridized carbons (Fsp3) is 0.474. The molecule has 3 rings (SSSR count). The van der Waals surface area contributed by atoms with E-state index in [9.17, 15) is 4.79 Å². The number of nitrogens with one attached hydrogen (secondary N) is 1. The van der Waals surface area contributed by atoms with E-state index < -0.39 is 0 Å². The van der Waals surface area contributed by atoms with Crippen LogP contribution in [0.25, 0.3) is 0 Å². The molecule has 0 saturated carbocycles. The van der Waals surface area contributed by atoms with Gasteiger partial charge in [0.25, 0.3) is 0 Å². The van der Waals surface area contributed by atoms with Crippen LogP contribution in [0, 0.1) is 20.8 Å². The van der Waals surface area contributed by atoms with Crippen LogP contribution in [0.1, 0.15) is 22.6 Å². The van der Waals surface area contributed by atoms with Gasteiger partial charge in [-0.25, -0.2) is 5.01 Å². The molecule has 0 radical (unpaired) electrons. The predicted molar refractivity (Wildman–Crippen MR) is 105 cm³/mol. The molecule has 1 amide bonds. The van der Waals surface area contributed by atoms with Gasteiger partial charge in [-0.2, -0.15) is 0 Å². The van der Waals surface area contributed by atoms with E-state index in [0.717, 1.165) is 54.6 Å². The lowest BCUT2D eigenvalue weighted by Crippen LogP contribution is -2.51. The van der Waals surface area contributed by atoms with E-state index in [4.69, 9.17) is 4.52 Å². The van der Waals surface area contributed by atoms with Crippen molar-refractivity contribution in [3.05, 3.63) is 46.8 Å². The van der Waals surface area contributed by atoms with Crippen molar-refractivity contribution in [2.24, 2.45) is 0 Å². The van der Waals surface area contributed by atoms with Gasteiger partial charge in [0, 0.05) is 37.5 Å². The number of aromatic nitrogens is 1. The number of piperazine rings is 1. The molecule has 2 heterocycles. The van der Waals surface area contributed by atoms with Crippen molar-refractivity contribution in [2.75, 3.05) is 37.4 Å². The fourth-order valence-corrected chi connectivity index (χ4v) is 4.05. The standard InChI is InChI=1S/C19H26N4O2S/c1-14-6-4-5-7-18(14)20-23-10-8-22(9-11-23)19(24)13-26-12-17-15(2)21-25-16(17)3/h4-7,20H,8-13H2,1-3H3. The summed E-state index contributed by atoms with van der Waals surface area (Å²) in [6, 6.07) is 8.25. The van der Waals surface area contributed by atoms with E-state index >= 15 is 0 Å². The Bertz CT molecular complexity index is 734. The number of aryl methyl sites for hydroxylation is 3. The SMILES string of the molecule is Cc1ccccc1NN1CCN(C(=O)CSCc2c(C)noc2C)CC1. The van der Waals surface area contributed by atoms with Crippen molar-refractivity contribution in [3.63, 3.8) is 0 Å². The monoisotopic (exact) mass is 374 g/mol. The predicted octanol–water partition coefficient (Wildman–Crippen LogP) is 3.00. The largest absolute Gasteiger partial charge is 0.361 e.